The lowest BCUT2D eigenvalue weighted by Gasteiger charge is -2.17. The highest BCUT2D eigenvalue weighted by molar-refractivity contribution is 7.99. The zero-order valence-corrected chi connectivity index (χ0v) is 19.3. The molecule has 1 aromatic carbocycles. The molecule has 0 saturated heterocycles. The second kappa shape index (κ2) is 10.5. The summed E-state index contributed by atoms with van der Waals surface area (Å²) in [5.74, 6) is -5.44. The number of nitrogens with zero attached hydrogens (tertiary/aromatic N) is 5. The van der Waals surface area contributed by atoms with E-state index in [1.165, 1.54) is 0 Å². The Morgan fingerprint density at radius 1 is 1.36 bits per heavy atom. The predicted molar refractivity (Wildman–Crippen MR) is 133 cm³/mol. The Labute approximate surface area is 239 Å². The van der Waals surface area contributed by atoms with E-state index in [9.17, 15) is 15.3 Å². The van der Waals surface area contributed by atoms with Crippen molar-refractivity contribution in [2.24, 2.45) is 0 Å². The van der Waals surface area contributed by atoms with Crippen LogP contribution in [0.1, 0.15) is 75.1 Å². The average molecular weight is 538 g/mol. The molecule has 10 nitrogen and oxygen atoms in total. The Morgan fingerprint density at radius 3 is 2.97 bits per heavy atom. The van der Waals surface area contributed by atoms with Crippen LogP contribution in [-0.4, -0.2) is 83.4 Å². The molecule has 194 valence electrons. The molecule has 0 amide bonds. The minimum atomic E-state index is -4.34. The molecule has 2 saturated carbocycles. The molecule has 12 heteroatoms. The van der Waals surface area contributed by atoms with Gasteiger partial charge in [-0.25, -0.2) is 19.0 Å². The van der Waals surface area contributed by atoms with Crippen LogP contribution in [0.5, 0.6) is 0 Å². The number of anilines is 1. The molecule has 0 aliphatic heterocycles. The topological polar surface area (TPSA) is 138 Å². The third-order valence-corrected chi connectivity index (χ3v) is 5.41. The fourth-order valence-electron chi connectivity index (χ4n) is 3.02. The normalized spacial score (nSPS) is 51.6. The monoisotopic (exact) mass is 537 g/mol. The van der Waals surface area contributed by atoms with Gasteiger partial charge >= 0.3 is 0 Å². The van der Waals surface area contributed by atoms with Crippen molar-refractivity contribution in [1.82, 2.24) is 25.0 Å². The van der Waals surface area contributed by atoms with Crippen molar-refractivity contribution in [3.63, 3.8) is 0 Å². The maximum absolute atomic E-state index is 15.0. The van der Waals surface area contributed by atoms with Gasteiger partial charge in [0.25, 0.3) is 0 Å². The second-order valence-electron chi connectivity index (χ2n) is 7.08. The van der Waals surface area contributed by atoms with Gasteiger partial charge in [-0.05, 0) is 36.8 Å². The number of nitrogens with one attached hydrogen (secondary N) is 1. The lowest BCUT2D eigenvalue weighted by molar-refractivity contribution is -0.0629. The number of benzene rings is 1. The summed E-state index contributed by atoms with van der Waals surface area (Å²) in [6.45, 7) is -3.19. The van der Waals surface area contributed by atoms with E-state index in [2.05, 4.69) is 30.3 Å². The van der Waals surface area contributed by atoms with Gasteiger partial charge in [0.1, 0.15) is 18.0 Å². The van der Waals surface area contributed by atoms with Gasteiger partial charge in [0.15, 0.2) is 22.1 Å². The highest BCUT2D eigenvalue weighted by Crippen LogP contribution is 2.44. The maximum atomic E-state index is 15.0. The molecule has 2 heterocycles. The first-order chi connectivity index (χ1) is 24.5. The average Bonchev–Trinajstić information content (AvgIpc) is 3.32. The Hall–Kier alpha value is -2.38. The number of aliphatic hydroxyl groups excluding tert-OH is 1. The Bertz CT molecular complexity index is 2080. The van der Waals surface area contributed by atoms with Crippen LogP contribution in [0.2, 0.25) is 0 Å². The number of aliphatic hydroxyl groups is 3. The second-order valence-corrected chi connectivity index (χ2v) is 7.85. The Morgan fingerprint density at radius 2 is 2.19 bits per heavy atom. The largest absolute Gasteiger partial charge is 0.394 e. The van der Waals surface area contributed by atoms with E-state index < -0.39 is 131 Å². The number of halogens is 1. The fraction of sp³-hybridized carbons (Fsp3) is 0.583. The van der Waals surface area contributed by atoms with Crippen LogP contribution in [0, 0.1) is 12.7 Å². The van der Waals surface area contributed by atoms with Gasteiger partial charge in [-0.3, -0.25) is 0 Å². The molecule has 3 aromatic rings. The Balaban J connectivity index is 1.80. The molecular weight excluding hydrogens is 487 g/mol. The number of thioether (sulfide) groups is 1. The van der Waals surface area contributed by atoms with Gasteiger partial charge in [-0.15, -0.1) is 5.10 Å². The van der Waals surface area contributed by atoms with Crippen LogP contribution in [0.4, 0.5) is 10.2 Å². The lowest BCUT2D eigenvalue weighted by Crippen LogP contribution is -2.33. The summed E-state index contributed by atoms with van der Waals surface area (Å²) in [7, 11) is 0. The number of ether oxygens (including phenoxy) is 1. The first-order valence-corrected chi connectivity index (χ1v) is 10.9. The molecule has 2 aliphatic rings. The van der Waals surface area contributed by atoms with Gasteiger partial charge in [-0.1, -0.05) is 36.0 Å². The summed E-state index contributed by atoms with van der Waals surface area (Å²) in [6, 6.07) is -10.2. The van der Waals surface area contributed by atoms with Crippen molar-refractivity contribution in [2.45, 2.75) is 74.3 Å². The molecule has 2 aromatic heterocycles. The minimum Gasteiger partial charge on any atom is -0.394 e. The van der Waals surface area contributed by atoms with Gasteiger partial charge in [0.05, 0.1) is 39.0 Å². The molecule has 0 bridgehead atoms. The molecule has 0 spiro atoms. The van der Waals surface area contributed by atoms with Crippen molar-refractivity contribution >= 4 is 28.7 Å². The molecule has 4 N–H and O–H groups in total. The predicted octanol–water partition coefficient (Wildman–Crippen LogP) is 2.18. The van der Waals surface area contributed by atoms with Crippen LogP contribution < -0.4 is 5.32 Å². The number of hydrogen-bond acceptors (Lipinski definition) is 10. The summed E-state index contributed by atoms with van der Waals surface area (Å²) in [6.07, 6.45) is -22.9. The van der Waals surface area contributed by atoms with Crippen LogP contribution >= 0.6 is 11.8 Å². The highest BCUT2D eigenvalue weighted by atomic mass is 32.2. The number of rotatable bonds is 10. The lowest BCUT2D eigenvalue weighted by atomic mass is 10.1. The van der Waals surface area contributed by atoms with Crippen molar-refractivity contribution in [1.29, 1.82) is 0 Å². The summed E-state index contributed by atoms with van der Waals surface area (Å²) < 4.78 is 179. The van der Waals surface area contributed by atoms with Crippen molar-refractivity contribution in [3.05, 3.63) is 35.1 Å². The van der Waals surface area contributed by atoms with E-state index >= 15 is 4.39 Å². The molecular formula is C24H31FN6O4S. The maximum Gasteiger partial charge on any atom is 0.191 e. The SMILES string of the molecule is [2H]c1c([2H])c([C@]2([2H])C([2H])([2H])[C@@]2([2H])Nc2nc(SC([2H])([2H])C([2H])([2H])C)nc3c2nnn3[C@]2([2H])C([2H])([2H])[C@]([2H])(OC([2H])([2H])CO)[C@@]([2H])(O)[C@@]2([2H])O)c([2H])c(F)c1C. The van der Waals surface area contributed by atoms with E-state index in [1.807, 2.05) is 0 Å². The van der Waals surface area contributed by atoms with E-state index in [4.69, 9.17) is 26.0 Å². The van der Waals surface area contributed by atoms with Gasteiger partial charge in [-0.2, -0.15) is 0 Å². The molecule has 2 aliphatic carbocycles. The zero-order valence-electron chi connectivity index (χ0n) is 37.5. The number of aromatic nitrogens is 5. The zero-order chi connectivity index (χ0) is 42.5. The Kier molecular flexibility index (Phi) is 3.27. The highest BCUT2D eigenvalue weighted by Gasteiger charge is 2.45. The quantitative estimate of drug-likeness (QED) is 0.225. The molecule has 5 rings (SSSR count). The van der Waals surface area contributed by atoms with Crippen molar-refractivity contribution < 1.29 is 50.5 Å². The number of fused-ring (bicyclic) bond motifs is 1. The van der Waals surface area contributed by atoms with E-state index in [0.717, 1.165) is 13.8 Å². The summed E-state index contributed by atoms with van der Waals surface area (Å²) in [5, 5.41) is 40.1. The smallest absolute Gasteiger partial charge is 0.191 e. The standard InChI is InChI=1S/C24H31FN6O4S/c1-3-8-36-24-27-22(26-16-10-14(16)13-5-4-12(2)15(25)9-13)19-23(28-24)31(30-29-19)17-11-18(35-7-6-32)21(34)20(17)33/h4-5,9,14,16-18,20-21,32-34H,3,6-8,10-11H2,1-2H3,(H,26,27,28)/t14-,16+,17+,18-,20-,21+/m0/s1/i3D2,4D,5D,7D2,8D2,9D,10D2,11D2,14D,16D,17D,18D,20D,21D. The van der Waals surface area contributed by atoms with E-state index in [1.54, 1.807) is 0 Å². The van der Waals surface area contributed by atoms with Crippen LogP contribution in [-0.2, 0) is 4.74 Å². The van der Waals surface area contributed by atoms with E-state index in [0.29, 0.717) is 0 Å². The summed E-state index contributed by atoms with van der Waals surface area (Å²) >= 11 is -0.100. The first kappa shape index (κ1) is 11.2. The third kappa shape index (κ3) is 4.92. The van der Waals surface area contributed by atoms with Gasteiger partial charge in [0, 0.05) is 36.3 Å². The minimum absolute atomic E-state index is 0.100. The van der Waals surface area contributed by atoms with Gasteiger partial charge in [0.2, 0.25) is 0 Å². The van der Waals surface area contributed by atoms with Gasteiger partial charge < -0.3 is 25.4 Å². The van der Waals surface area contributed by atoms with Crippen molar-refractivity contribution in [2.75, 3.05) is 24.2 Å². The first-order valence-electron chi connectivity index (χ1n) is 19.6. The molecule has 6 atom stereocenters. The molecule has 36 heavy (non-hydrogen) atoms. The van der Waals surface area contributed by atoms with Crippen LogP contribution in [0.25, 0.3) is 11.2 Å². The fourth-order valence-corrected chi connectivity index (χ4v) is 3.48. The number of hydrogen-bond donors (Lipinski definition) is 4. The molecule has 0 radical (unpaired) electrons. The summed E-state index contributed by atoms with van der Waals surface area (Å²) in [4.78, 5) is 7.86. The third-order valence-electron chi connectivity index (χ3n) is 4.74. The van der Waals surface area contributed by atoms with E-state index in [-0.39, 0.29) is 16.4 Å². The van der Waals surface area contributed by atoms with Crippen LogP contribution in [0.3, 0.4) is 0 Å². The molecule has 0 unspecified atom stereocenters. The van der Waals surface area contributed by atoms with Crippen molar-refractivity contribution in [3.8, 4) is 0 Å². The molecule has 2 fully saturated rings. The van der Waals surface area contributed by atoms with Crippen LogP contribution in [0.15, 0.2) is 23.3 Å². The summed E-state index contributed by atoms with van der Waals surface area (Å²) in [5.41, 5.74) is -6.45.